The van der Waals surface area contributed by atoms with Crippen LogP contribution in [0.2, 0.25) is 0 Å². The van der Waals surface area contributed by atoms with Crippen LogP contribution in [-0.2, 0) is 6.42 Å². The molecule has 0 fully saturated rings. The van der Waals surface area contributed by atoms with Crippen molar-refractivity contribution < 1.29 is 9.90 Å². The van der Waals surface area contributed by atoms with Crippen LogP contribution in [0.1, 0.15) is 23.1 Å². The fraction of sp³-hybridized carbons (Fsp3) is 0.300. The summed E-state index contributed by atoms with van der Waals surface area (Å²) in [5, 5.41) is 15.8. The van der Waals surface area contributed by atoms with Crippen LogP contribution in [-0.4, -0.2) is 32.7 Å². The zero-order chi connectivity index (χ0) is 11.7. The summed E-state index contributed by atoms with van der Waals surface area (Å²) in [4.78, 5) is 15.1. The first kappa shape index (κ1) is 10.4. The van der Waals surface area contributed by atoms with Crippen molar-refractivity contribution in [3.05, 3.63) is 23.5 Å². The molecule has 0 unspecified atom stereocenters. The number of anilines is 1. The maximum Gasteiger partial charge on any atom is 0.356 e. The molecule has 6 heteroatoms. The Hall–Kier alpha value is -2.11. The van der Waals surface area contributed by atoms with E-state index in [1.165, 1.54) is 10.6 Å². The Bertz CT molecular complexity index is 547. The van der Waals surface area contributed by atoms with E-state index in [1.54, 1.807) is 7.05 Å². The maximum absolute atomic E-state index is 10.8. The smallest absolute Gasteiger partial charge is 0.356 e. The van der Waals surface area contributed by atoms with Crippen LogP contribution in [0.25, 0.3) is 5.65 Å². The van der Waals surface area contributed by atoms with E-state index in [0.717, 1.165) is 17.9 Å². The molecular weight excluding hydrogens is 208 g/mol. The molecule has 2 N–H and O–H groups in total. The van der Waals surface area contributed by atoms with Gasteiger partial charge < -0.3 is 10.4 Å². The van der Waals surface area contributed by atoms with Gasteiger partial charge in [0.1, 0.15) is 5.82 Å². The monoisotopic (exact) mass is 220 g/mol. The average molecular weight is 220 g/mol. The van der Waals surface area contributed by atoms with E-state index in [2.05, 4.69) is 15.4 Å². The van der Waals surface area contributed by atoms with Crippen molar-refractivity contribution in [2.45, 2.75) is 13.3 Å². The first-order chi connectivity index (χ1) is 7.65. The fourth-order valence-electron chi connectivity index (χ4n) is 1.49. The van der Waals surface area contributed by atoms with Crippen LogP contribution >= 0.6 is 0 Å². The normalized spacial score (nSPS) is 10.6. The molecule has 0 spiro atoms. The summed E-state index contributed by atoms with van der Waals surface area (Å²) < 4.78 is 1.49. The Morgan fingerprint density at radius 3 is 2.88 bits per heavy atom. The first-order valence-corrected chi connectivity index (χ1v) is 4.96. The summed E-state index contributed by atoms with van der Waals surface area (Å²) in [5.41, 5.74) is 1.44. The number of aromatic nitrogens is 3. The highest BCUT2D eigenvalue weighted by Gasteiger charge is 2.12. The summed E-state index contributed by atoms with van der Waals surface area (Å²) in [5.74, 6) is -0.319. The van der Waals surface area contributed by atoms with Crippen molar-refractivity contribution >= 4 is 17.4 Å². The lowest BCUT2D eigenvalue weighted by Gasteiger charge is -2.05. The lowest BCUT2D eigenvalue weighted by atomic mass is 10.3. The van der Waals surface area contributed by atoms with Gasteiger partial charge in [-0.1, -0.05) is 6.92 Å². The second-order valence-electron chi connectivity index (χ2n) is 3.34. The van der Waals surface area contributed by atoms with E-state index >= 15 is 0 Å². The van der Waals surface area contributed by atoms with Crippen LogP contribution in [0.15, 0.2) is 12.1 Å². The average Bonchev–Trinajstić information content (AvgIpc) is 2.71. The first-order valence-electron chi connectivity index (χ1n) is 4.96. The minimum absolute atomic E-state index is 0.00254. The third-order valence-corrected chi connectivity index (χ3v) is 2.32. The summed E-state index contributed by atoms with van der Waals surface area (Å²) in [7, 11) is 1.76. The number of hydrogen-bond acceptors (Lipinski definition) is 4. The number of nitrogens with zero attached hydrogens (tertiary/aromatic N) is 3. The molecule has 2 aromatic rings. The van der Waals surface area contributed by atoms with Crippen molar-refractivity contribution in [3.63, 3.8) is 0 Å². The van der Waals surface area contributed by atoms with Crippen molar-refractivity contribution in [2.24, 2.45) is 0 Å². The highest BCUT2D eigenvalue weighted by molar-refractivity contribution is 5.86. The van der Waals surface area contributed by atoms with E-state index in [4.69, 9.17) is 5.11 Å². The van der Waals surface area contributed by atoms with E-state index in [-0.39, 0.29) is 5.69 Å². The molecule has 0 bridgehead atoms. The standard InChI is InChI=1S/C10H12N4O2/c1-3-6-4-8(11-2)14-9(12-6)5-7(13-14)10(15)16/h4-5,11H,3H2,1-2H3,(H,15,16). The van der Waals surface area contributed by atoms with E-state index in [0.29, 0.717) is 5.65 Å². The molecule has 0 aliphatic rings. The number of carbonyl (C=O) groups is 1. The van der Waals surface area contributed by atoms with E-state index in [9.17, 15) is 4.79 Å². The summed E-state index contributed by atoms with van der Waals surface area (Å²) in [6, 6.07) is 3.31. The van der Waals surface area contributed by atoms with Gasteiger partial charge in [-0.25, -0.2) is 9.78 Å². The molecule has 0 radical (unpaired) electrons. The number of aromatic carboxylic acids is 1. The Morgan fingerprint density at radius 1 is 1.56 bits per heavy atom. The molecule has 2 rings (SSSR count). The summed E-state index contributed by atoms with van der Waals surface area (Å²) in [6.07, 6.45) is 0.790. The highest BCUT2D eigenvalue weighted by atomic mass is 16.4. The van der Waals surface area contributed by atoms with Crippen LogP contribution in [0.5, 0.6) is 0 Å². The molecule has 0 aliphatic heterocycles. The molecule has 0 atom stereocenters. The number of hydrogen-bond donors (Lipinski definition) is 2. The summed E-state index contributed by atoms with van der Waals surface area (Å²) >= 11 is 0. The number of rotatable bonds is 3. The number of carboxylic acids is 1. The Kier molecular flexibility index (Phi) is 2.47. The van der Waals surface area contributed by atoms with Gasteiger partial charge in [-0.3, -0.25) is 0 Å². The third-order valence-electron chi connectivity index (χ3n) is 2.32. The van der Waals surface area contributed by atoms with Gasteiger partial charge in [0.15, 0.2) is 11.3 Å². The van der Waals surface area contributed by atoms with Crippen molar-refractivity contribution in [1.29, 1.82) is 0 Å². The van der Waals surface area contributed by atoms with Gasteiger partial charge in [0.25, 0.3) is 0 Å². The van der Waals surface area contributed by atoms with Crippen LogP contribution in [0.4, 0.5) is 5.82 Å². The van der Waals surface area contributed by atoms with E-state index < -0.39 is 5.97 Å². The fourth-order valence-corrected chi connectivity index (χ4v) is 1.49. The minimum Gasteiger partial charge on any atom is -0.476 e. The van der Waals surface area contributed by atoms with Crippen LogP contribution in [0.3, 0.4) is 0 Å². The lowest BCUT2D eigenvalue weighted by molar-refractivity contribution is 0.0690. The predicted octanol–water partition coefficient (Wildman–Crippen LogP) is 1.03. The van der Waals surface area contributed by atoms with Gasteiger partial charge >= 0.3 is 5.97 Å². The number of aryl methyl sites for hydroxylation is 1. The van der Waals surface area contributed by atoms with Gasteiger partial charge in [0, 0.05) is 24.9 Å². The predicted molar refractivity (Wildman–Crippen MR) is 58.9 cm³/mol. The number of carboxylic acid groups (broad SMARTS) is 1. The topological polar surface area (TPSA) is 79.5 Å². The van der Waals surface area contributed by atoms with Crippen molar-refractivity contribution in [2.75, 3.05) is 12.4 Å². The van der Waals surface area contributed by atoms with Gasteiger partial charge in [0.05, 0.1) is 0 Å². The van der Waals surface area contributed by atoms with Crippen LogP contribution < -0.4 is 5.32 Å². The zero-order valence-electron chi connectivity index (χ0n) is 9.06. The Balaban J connectivity index is 2.69. The molecule has 0 aliphatic carbocycles. The quantitative estimate of drug-likeness (QED) is 0.807. The SMILES string of the molecule is CCc1cc(NC)n2nc(C(=O)O)cc2n1. The molecule has 2 aromatic heterocycles. The highest BCUT2D eigenvalue weighted by Crippen LogP contribution is 2.14. The minimum atomic E-state index is -1.05. The van der Waals surface area contributed by atoms with Crippen molar-refractivity contribution in [1.82, 2.24) is 14.6 Å². The molecule has 16 heavy (non-hydrogen) atoms. The molecule has 2 heterocycles. The van der Waals surface area contributed by atoms with Gasteiger partial charge in [-0.15, -0.1) is 0 Å². The second kappa shape index (κ2) is 3.80. The Labute approximate surface area is 91.9 Å². The molecule has 0 aromatic carbocycles. The van der Waals surface area contributed by atoms with E-state index in [1.807, 2.05) is 13.0 Å². The molecule has 84 valence electrons. The molecule has 0 saturated heterocycles. The second-order valence-corrected chi connectivity index (χ2v) is 3.34. The summed E-state index contributed by atoms with van der Waals surface area (Å²) in [6.45, 7) is 1.99. The van der Waals surface area contributed by atoms with Crippen LogP contribution in [0, 0.1) is 0 Å². The number of nitrogens with one attached hydrogen (secondary N) is 1. The van der Waals surface area contributed by atoms with Crippen molar-refractivity contribution in [3.8, 4) is 0 Å². The third kappa shape index (κ3) is 1.58. The van der Waals surface area contributed by atoms with Gasteiger partial charge in [0.2, 0.25) is 0 Å². The maximum atomic E-state index is 10.8. The molecule has 0 amide bonds. The van der Waals surface area contributed by atoms with Gasteiger partial charge in [-0.2, -0.15) is 9.61 Å². The Morgan fingerprint density at radius 2 is 2.31 bits per heavy atom. The number of fused-ring (bicyclic) bond motifs is 1. The zero-order valence-corrected chi connectivity index (χ0v) is 9.06. The molecule has 0 saturated carbocycles. The molecule has 6 nitrogen and oxygen atoms in total. The molecular formula is C10H12N4O2. The largest absolute Gasteiger partial charge is 0.476 e. The lowest BCUT2D eigenvalue weighted by Crippen LogP contribution is -2.04. The van der Waals surface area contributed by atoms with Gasteiger partial charge in [-0.05, 0) is 6.42 Å².